The lowest BCUT2D eigenvalue weighted by Gasteiger charge is -2.34. The highest BCUT2D eigenvalue weighted by Crippen LogP contribution is 2.41. The first-order valence-corrected chi connectivity index (χ1v) is 7.93. The van der Waals surface area contributed by atoms with Gasteiger partial charge in [-0.1, -0.05) is 13.8 Å². The Hall–Kier alpha value is -1.14. The molecule has 20 heavy (non-hydrogen) atoms. The Bertz CT molecular complexity index is 477. The van der Waals surface area contributed by atoms with Crippen LogP contribution >= 0.6 is 11.3 Å². The third-order valence-corrected chi connectivity index (χ3v) is 5.45. The van der Waals surface area contributed by atoms with E-state index in [1.807, 2.05) is 0 Å². The Kier molecular flexibility index (Phi) is 4.65. The Morgan fingerprint density at radius 1 is 1.40 bits per heavy atom. The number of nitrogens with zero attached hydrogens (tertiary/aromatic N) is 2. The quantitative estimate of drug-likeness (QED) is 0.681. The number of aliphatic hydroxyl groups excluding tert-OH is 1. The predicted molar refractivity (Wildman–Crippen MR) is 81.4 cm³/mol. The maximum absolute atomic E-state index is 11.2. The fraction of sp³-hybridized carbons (Fsp3) is 0.714. The van der Waals surface area contributed by atoms with Crippen LogP contribution < -0.4 is 4.90 Å². The lowest BCUT2D eigenvalue weighted by Crippen LogP contribution is -2.35. The Morgan fingerprint density at radius 2 is 2.00 bits per heavy atom. The molecule has 2 rings (SSSR count). The van der Waals surface area contributed by atoms with Crippen LogP contribution in [0.1, 0.15) is 44.6 Å². The molecule has 0 saturated carbocycles. The van der Waals surface area contributed by atoms with Crippen LogP contribution in [0, 0.1) is 22.0 Å². The molecular weight excluding hydrogens is 276 g/mol. The summed E-state index contributed by atoms with van der Waals surface area (Å²) in [5.41, 5.74) is 0.133. The third kappa shape index (κ3) is 3.12. The summed E-state index contributed by atoms with van der Waals surface area (Å²) in [5, 5.41) is 21.5. The minimum atomic E-state index is -0.652. The zero-order valence-corrected chi connectivity index (χ0v) is 13.0. The van der Waals surface area contributed by atoms with Crippen LogP contribution in [0.4, 0.5) is 10.7 Å². The average molecular weight is 298 g/mol. The molecule has 0 amide bonds. The number of rotatable bonds is 4. The van der Waals surface area contributed by atoms with Gasteiger partial charge in [0.25, 0.3) is 0 Å². The predicted octanol–water partition coefficient (Wildman–Crippen LogP) is 3.58. The van der Waals surface area contributed by atoms with E-state index in [2.05, 4.69) is 18.7 Å². The van der Waals surface area contributed by atoms with Crippen LogP contribution in [0.3, 0.4) is 0 Å². The summed E-state index contributed by atoms with van der Waals surface area (Å²) >= 11 is 1.35. The van der Waals surface area contributed by atoms with Gasteiger partial charge in [0.15, 0.2) is 5.00 Å². The molecule has 0 spiro atoms. The van der Waals surface area contributed by atoms with E-state index in [-0.39, 0.29) is 10.6 Å². The summed E-state index contributed by atoms with van der Waals surface area (Å²) in [6.45, 7) is 7.84. The molecular formula is C14H22N2O3S. The lowest BCUT2D eigenvalue weighted by atomic mass is 9.87. The molecule has 1 fully saturated rings. The van der Waals surface area contributed by atoms with Crippen molar-refractivity contribution in [1.29, 1.82) is 0 Å². The summed E-state index contributed by atoms with van der Waals surface area (Å²) in [6.07, 6.45) is 1.51. The van der Waals surface area contributed by atoms with E-state index >= 15 is 0 Å². The van der Waals surface area contributed by atoms with Gasteiger partial charge in [-0.05, 0) is 31.6 Å². The van der Waals surface area contributed by atoms with Gasteiger partial charge in [0.1, 0.15) is 0 Å². The van der Waals surface area contributed by atoms with Crippen molar-refractivity contribution in [2.45, 2.75) is 39.7 Å². The largest absolute Gasteiger partial charge is 0.388 e. The lowest BCUT2D eigenvalue weighted by molar-refractivity contribution is -0.383. The summed E-state index contributed by atoms with van der Waals surface area (Å²) in [4.78, 5) is 13.6. The van der Waals surface area contributed by atoms with Gasteiger partial charge in [-0.2, -0.15) is 0 Å². The smallest absolute Gasteiger partial charge is 0.304 e. The van der Waals surface area contributed by atoms with E-state index in [0.29, 0.717) is 21.7 Å². The normalized spacial score (nSPS) is 18.6. The molecule has 0 aromatic carbocycles. The Balaban J connectivity index is 2.18. The number of hydrogen-bond acceptors (Lipinski definition) is 5. The second kappa shape index (κ2) is 6.10. The van der Waals surface area contributed by atoms with E-state index in [9.17, 15) is 15.2 Å². The molecule has 1 aliphatic heterocycles. The molecule has 5 nitrogen and oxygen atoms in total. The third-order valence-electron chi connectivity index (χ3n) is 4.09. The van der Waals surface area contributed by atoms with Crippen molar-refractivity contribution in [2.24, 2.45) is 11.8 Å². The zero-order chi connectivity index (χ0) is 14.9. The Morgan fingerprint density at radius 3 is 2.45 bits per heavy atom. The minimum absolute atomic E-state index is 0.133. The average Bonchev–Trinajstić information content (AvgIpc) is 2.84. The molecule has 0 unspecified atom stereocenters. The summed E-state index contributed by atoms with van der Waals surface area (Å²) in [7, 11) is 0. The molecule has 1 aromatic heterocycles. The molecule has 2 heterocycles. The molecule has 0 bridgehead atoms. The van der Waals surface area contributed by atoms with E-state index in [0.717, 1.165) is 25.9 Å². The maximum atomic E-state index is 11.2. The van der Waals surface area contributed by atoms with Gasteiger partial charge in [-0.3, -0.25) is 10.1 Å². The van der Waals surface area contributed by atoms with Gasteiger partial charge >= 0.3 is 5.69 Å². The number of hydrogen-bond donors (Lipinski definition) is 1. The fourth-order valence-electron chi connectivity index (χ4n) is 2.72. The molecule has 1 aliphatic rings. The van der Waals surface area contributed by atoms with Gasteiger partial charge in [0.05, 0.1) is 11.0 Å². The summed E-state index contributed by atoms with van der Waals surface area (Å²) < 4.78 is 0. The summed E-state index contributed by atoms with van der Waals surface area (Å²) in [6, 6.07) is 1.51. The van der Waals surface area contributed by atoms with E-state index in [1.54, 1.807) is 6.92 Å². The molecule has 112 valence electrons. The van der Waals surface area contributed by atoms with Crippen molar-refractivity contribution in [1.82, 2.24) is 0 Å². The van der Waals surface area contributed by atoms with Crippen LogP contribution in [-0.4, -0.2) is 23.1 Å². The highest BCUT2D eigenvalue weighted by atomic mass is 32.1. The maximum Gasteiger partial charge on any atom is 0.304 e. The number of nitro groups is 1. The molecule has 1 N–H and O–H groups in total. The second-order valence-corrected chi connectivity index (χ2v) is 6.90. The first-order chi connectivity index (χ1) is 9.40. The van der Waals surface area contributed by atoms with Crippen LogP contribution in [0.15, 0.2) is 6.07 Å². The van der Waals surface area contributed by atoms with Gasteiger partial charge in [-0.25, -0.2) is 0 Å². The number of anilines is 1. The topological polar surface area (TPSA) is 66.6 Å². The van der Waals surface area contributed by atoms with E-state index in [1.165, 1.54) is 17.4 Å². The number of piperidine rings is 1. The first-order valence-electron chi connectivity index (χ1n) is 7.11. The van der Waals surface area contributed by atoms with Crippen LogP contribution in [0.25, 0.3) is 0 Å². The van der Waals surface area contributed by atoms with Gasteiger partial charge < -0.3 is 10.0 Å². The number of thiophene rings is 1. The fourth-order valence-corrected chi connectivity index (χ4v) is 3.84. The highest BCUT2D eigenvalue weighted by molar-refractivity contribution is 7.16. The van der Waals surface area contributed by atoms with Gasteiger partial charge in [0, 0.05) is 24.0 Å². The highest BCUT2D eigenvalue weighted by Gasteiger charge is 2.29. The monoisotopic (exact) mass is 298 g/mol. The van der Waals surface area contributed by atoms with Crippen molar-refractivity contribution in [3.63, 3.8) is 0 Å². The molecule has 1 atom stereocenters. The van der Waals surface area contributed by atoms with Crippen LogP contribution in [-0.2, 0) is 0 Å². The standard InChI is InChI=1S/C14H22N2O3S/c1-9(2)11-4-6-15(7-5-11)14-12(16(18)19)8-13(20-14)10(3)17/h8-11,17H,4-7H2,1-3H3/t10-/m0/s1. The van der Waals surface area contributed by atoms with E-state index < -0.39 is 6.10 Å². The molecule has 1 aromatic rings. The second-order valence-electron chi connectivity index (χ2n) is 5.84. The van der Waals surface area contributed by atoms with Crippen LogP contribution in [0.5, 0.6) is 0 Å². The minimum Gasteiger partial charge on any atom is -0.388 e. The molecule has 0 aliphatic carbocycles. The molecule has 1 saturated heterocycles. The van der Waals surface area contributed by atoms with Crippen LogP contribution in [0.2, 0.25) is 0 Å². The van der Waals surface area contributed by atoms with Crippen molar-refractivity contribution in [3.05, 3.63) is 21.1 Å². The molecule has 6 heteroatoms. The van der Waals surface area contributed by atoms with Gasteiger partial charge in [0.2, 0.25) is 0 Å². The van der Waals surface area contributed by atoms with Gasteiger partial charge in [-0.15, -0.1) is 11.3 Å². The van der Waals surface area contributed by atoms with Crippen molar-refractivity contribution >= 4 is 22.0 Å². The first kappa shape index (κ1) is 15.3. The molecule has 0 radical (unpaired) electrons. The number of aliphatic hydroxyl groups is 1. The van der Waals surface area contributed by atoms with Crippen molar-refractivity contribution < 1.29 is 10.0 Å². The summed E-state index contributed by atoms with van der Waals surface area (Å²) in [5.74, 6) is 1.38. The zero-order valence-electron chi connectivity index (χ0n) is 12.2. The van der Waals surface area contributed by atoms with E-state index in [4.69, 9.17) is 0 Å². The Labute approximate surface area is 123 Å². The SMILES string of the molecule is CC(C)C1CCN(c2sc([C@H](C)O)cc2[N+](=O)[O-])CC1. The van der Waals surface area contributed by atoms with Crippen molar-refractivity contribution in [2.75, 3.05) is 18.0 Å². The van der Waals surface area contributed by atoms with Crippen molar-refractivity contribution in [3.8, 4) is 0 Å².